The van der Waals surface area contributed by atoms with Gasteiger partial charge in [0, 0.05) is 49.1 Å². The number of nitrogens with zero attached hydrogens (tertiary/aromatic N) is 5. The van der Waals surface area contributed by atoms with Gasteiger partial charge >= 0.3 is 5.69 Å². The van der Waals surface area contributed by atoms with E-state index in [1.54, 1.807) is 17.8 Å². The van der Waals surface area contributed by atoms with E-state index in [9.17, 15) is 4.79 Å². The Morgan fingerprint density at radius 1 is 1.03 bits per heavy atom. The summed E-state index contributed by atoms with van der Waals surface area (Å²) in [4.78, 5) is 24.8. The molecule has 0 spiro atoms. The van der Waals surface area contributed by atoms with Crippen LogP contribution in [0.4, 0.5) is 0 Å². The molecule has 0 bridgehead atoms. The largest absolute Gasteiger partial charge is 0.490 e. The lowest BCUT2D eigenvalue weighted by Gasteiger charge is -2.39. The van der Waals surface area contributed by atoms with Gasteiger partial charge in [-0.1, -0.05) is 6.42 Å². The predicted octanol–water partition coefficient (Wildman–Crippen LogP) is 4.94. The van der Waals surface area contributed by atoms with Gasteiger partial charge < -0.3 is 9.47 Å². The number of hydrogen-bond donors (Lipinski definition) is 0. The summed E-state index contributed by atoms with van der Waals surface area (Å²) in [7, 11) is 1.80. The first kappa shape index (κ1) is 24.0. The van der Waals surface area contributed by atoms with E-state index in [2.05, 4.69) is 28.7 Å². The molecule has 0 radical (unpaired) electrons. The number of imidazole rings is 1. The third-order valence-corrected chi connectivity index (χ3v) is 8.18. The lowest BCUT2D eigenvalue weighted by atomic mass is 9.97. The van der Waals surface area contributed by atoms with Gasteiger partial charge in [-0.15, -0.1) is 0 Å². The average Bonchev–Trinajstić information content (AvgIpc) is 3.05. The molecule has 1 fully saturated rings. The van der Waals surface area contributed by atoms with Crippen molar-refractivity contribution in [2.75, 3.05) is 19.8 Å². The third-order valence-electron chi connectivity index (χ3n) is 8.18. The van der Waals surface area contributed by atoms with Crippen molar-refractivity contribution in [2.45, 2.75) is 64.6 Å². The Bertz CT molecular complexity index is 1500. The highest BCUT2D eigenvalue weighted by Crippen LogP contribution is 2.42. The lowest BCUT2D eigenvalue weighted by Crippen LogP contribution is -2.44. The van der Waals surface area contributed by atoms with Crippen molar-refractivity contribution in [1.29, 1.82) is 0 Å². The van der Waals surface area contributed by atoms with E-state index in [1.807, 2.05) is 42.0 Å². The molecule has 8 nitrogen and oxygen atoms in total. The normalized spacial score (nSPS) is 21.9. The van der Waals surface area contributed by atoms with Crippen LogP contribution in [0.5, 0.6) is 11.6 Å². The highest BCUT2D eigenvalue weighted by molar-refractivity contribution is 6.09. The maximum atomic E-state index is 13.0. The van der Waals surface area contributed by atoms with Crippen molar-refractivity contribution < 1.29 is 9.47 Å². The molecule has 2 aliphatic heterocycles. The number of piperidine rings is 1. The molecule has 3 aromatic heterocycles. The molecular formula is C29H35N5O3. The smallest absolute Gasteiger partial charge is 0.329 e. The maximum Gasteiger partial charge on any atom is 0.329 e. The van der Waals surface area contributed by atoms with E-state index in [-0.39, 0.29) is 11.7 Å². The fraction of sp³-hybridized carbons (Fsp3) is 0.483. The van der Waals surface area contributed by atoms with Crippen molar-refractivity contribution in [3.63, 3.8) is 0 Å². The highest BCUT2D eigenvalue weighted by atomic mass is 16.5. The van der Waals surface area contributed by atoms with Crippen LogP contribution >= 0.6 is 0 Å². The first-order valence-corrected chi connectivity index (χ1v) is 13.4. The van der Waals surface area contributed by atoms with Crippen LogP contribution in [-0.4, -0.2) is 55.8 Å². The zero-order valence-electron chi connectivity index (χ0n) is 22.1. The van der Waals surface area contributed by atoms with Crippen molar-refractivity contribution in [3.05, 3.63) is 47.1 Å². The first-order valence-electron chi connectivity index (χ1n) is 13.4. The SMILES string of the molecule is CC1CCCC(C)N1CCCOc1ccc(-c2ccc3ncc4c5c3c2OC[C@H](C)n5c(=O)n4C)cn1. The number of aryl methyl sites for hydroxylation is 1. The molecule has 2 aliphatic rings. The zero-order chi connectivity index (χ0) is 25.7. The van der Waals surface area contributed by atoms with Crippen LogP contribution < -0.4 is 15.2 Å². The van der Waals surface area contributed by atoms with Gasteiger partial charge in [0.05, 0.1) is 40.8 Å². The molecule has 0 saturated carbocycles. The van der Waals surface area contributed by atoms with Crippen LogP contribution in [0.3, 0.4) is 0 Å². The first-order chi connectivity index (χ1) is 17.9. The summed E-state index contributed by atoms with van der Waals surface area (Å²) < 4.78 is 15.8. The van der Waals surface area contributed by atoms with Gasteiger partial charge in [0.25, 0.3) is 0 Å². The number of ether oxygens (including phenoxy) is 2. The second-order valence-corrected chi connectivity index (χ2v) is 10.7. The van der Waals surface area contributed by atoms with Gasteiger partial charge in [0.15, 0.2) is 0 Å². The molecule has 6 rings (SSSR count). The Kier molecular flexibility index (Phi) is 6.15. The van der Waals surface area contributed by atoms with Gasteiger partial charge in [0.2, 0.25) is 5.88 Å². The number of likely N-dealkylation sites (tertiary alicyclic amines) is 1. The van der Waals surface area contributed by atoms with Crippen LogP contribution in [0.1, 0.15) is 52.5 Å². The van der Waals surface area contributed by atoms with E-state index in [0.29, 0.717) is 31.2 Å². The molecule has 1 aromatic carbocycles. The van der Waals surface area contributed by atoms with Crippen molar-refractivity contribution in [2.24, 2.45) is 7.05 Å². The number of pyridine rings is 2. The molecule has 1 saturated heterocycles. The summed E-state index contributed by atoms with van der Waals surface area (Å²) in [6, 6.07) is 9.18. The number of hydrogen-bond acceptors (Lipinski definition) is 6. The van der Waals surface area contributed by atoms with E-state index >= 15 is 0 Å². The Morgan fingerprint density at radius 3 is 2.59 bits per heavy atom. The summed E-state index contributed by atoms with van der Waals surface area (Å²) in [6.45, 7) is 8.80. The Labute approximate surface area is 216 Å². The van der Waals surface area contributed by atoms with Gasteiger partial charge in [0.1, 0.15) is 12.4 Å². The van der Waals surface area contributed by atoms with E-state index in [0.717, 1.165) is 51.8 Å². The maximum absolute atomic E-state index is 13.0. The fourth-order valence-corrected chi connectivity index (χ4v) is 6.11. The standard InChI is InChI=1S/C29H35N5O3/c1-18-7-5-8-19(2)33(18)13-6-14-36-25-12-9-21(15-31-25)22-10-11-23-26-27-24(16-30-23)32(4)29(35)34(27)20(3)17-37-28(22)26/h9-12,15-16,18-20H,5-8,13-14,17H2,1-4H3/t18?,19?,20-/m0/s1. The molecule has 3 atom stereocenters. The molecule has 5 heterocycles. The van der Waals surface area contributed by atoms with E-state index < -0.39 is 0 Å². The van der Waals surface area contributed by atoms with Crippen LogP contribution in [0, 0.1) is 0 Å². The van der Waals surface area contributed by atoms with Crippen LogP contribution in [0.15, 0.2) is 41.5 Å². The average molecular weight is 502 g/mol. The molecule has 0 N–H and O–H groups in total. The summed E-state index contributed by atoms with van der Waals surface area (Å²) >= 11 is 0. The zero-order valence-corrected chi connectivity index (χ0v) is 22.1. The summed E-state index contributed by atoms with van der Waals surface area (Å²) in [5.74, 6) is 1.38. The Morgan fingerprint density at radius 2 is 1.84 bits per heavy atom. The lowest BCUT2D eigenvalue weighted by molar-refractivity contribution is 0.0958. The molecule has 8 heteroatoms. The van der Waals surface area contributed by atoms with Crippen molar-refractivity contribution in [3.8, 4) is 22.8 Å². The van der Waals surface area contributed by atoms with Crippen molar-refractivity contribution in [1.82, 2.24) is 24.0 Å². The van der Waals surface area contributed by atoms with Gasteiger partial charge in [-0.3, -0.25) is 19.0 Å². The molecule has 194 valence electrons. The molecule has 4 aromatic rings. The minimum atomic E-state index is -0.0909. The van der Waals surface area contributed by atoms with Gasteiger partial charge in [-0.05, 0) is 58.2 Å². The number of benzene rings is 1. The number of rotatable bonds is 6. The third kappa shape index (κ3) is 4.07. The monoisotopic (exact) mass is 501 g/mol. The predicted molar refractivity (Wildman–Crippen MR) is 146 cm³/mol. The van der Waals surface area contributed by atoms with Crippen LogP contribution in [0.2, 0.25) is 0 Å². The van der Waals surface area contributed by atoms with Crippen LogP contribution in [-0.2, 0) is 7.05 Å². The van der Waals surface area contributed by atoms with Gasteiger partial charge in [-0.2, -0.15) is 0 Å². The molecule has 0 amide bonds. The summed E-state index contributed by atoms with van der Waals surface area (Å²) in [6.07, 6.45) is 8.51. The quantitative estimate of drug-likeness (QED) is 0.349. The second kappa shape index (κ2) is 9.49. The summed E-state index contributed by atoms with van der Waals surface area (Å²) in [5.41, 5.74) is 4.33. The molecular weight excluding hydrogens is 466 g/mol. The highest BCUT2D eigenvalue weighted by Gasteiger charge is 2.27. The van der Waals surface area contributed by atoms with E-state index in [4.69, 9.17) is 9.47 Å². The Balaban J connectivity index is 1.25. The molecule has 37 heavy (non-hydrogen) atoms. The fourth-order valence-electron chi connectivity index (χ4n) is 6.11. The van der Waals surface area contributed by atoms with E-state index in [1.165, 1.54) is 19.3 Å². The van der Waals surface area contributed by atoms with Gasteiger partial charge in [-0.25, -0.2) is 9.78 Å². The molecule has 2 unspecified atom stereocenters. The van der Waals surface area contributed by atoms with Crippen LogP contribution in [0.25, 0.3) is 33.1 Å². The van der Waals surface area contributed by atoms with Crippen molar-refractivity contribution >= 4 is 21.9 Å². The number of aromatic nitrogens is 4. The summed E-state index contributed by atoms with van der Waals surface area (Å²) in [5, 5.41) is 0.874. The Hall–Kier alpha value is -3.39. The molecule has 0 aliphatic carbocycles. The second-order valence-electron chi connectivity index (χ2n) is 10.7. The topological polar surface area (TPSA) is 74.4 Å². The minimum absolute atomic E-state index is 0.0500. The minimum Gasteiger partial charge on any atom is -0.490 e.